The summed E-state index contributed by atoms with van der Waals surface area (Å²) >= 11 is -1.48. The maximum atomic E-state index is 14.1. The third-order valence-electron chi connectivity index (χ3n) is 8.05. The van der Waals surface area contributed by atoms with E-state index in [2.05, 4.69) is 28.8 Å². The van der Waals surface area contributed by atoms with Gasteiger partial charge in [0.05, 0.1) is 0 Å². The number of fused-ring (bicyclic) bond motifs is 2. The summed E-state index contributed by atoms with van der Waals surface area (Å²) < 4.78 is 36.7. The molecule has 0 saturated carbocycles. The third kappa shape index (κ3) is 6.89. The minimum Gasteiger partial charge on any atom is -0.371 e. The number of hydrogen-bond acceptors (Lipinski definition) is 6. The Morgan fingerprint density at radius 1 is 1.21 bits per heavy atom. The second kappa shape index (κ2) is 13.6. The van der Waals surface area contributed by atoms with Crippen molar-refractivity contribution >= 4 is 17.1 Å². The number of methoxy groups -OCH3 is 1. The summed E-state index contributed by atoms with van der Waals surface area (Å²) in [4.78, 5) is 24.0. The molecule has 1 N–H and O–H groups in total. The molecule has 9 nitrogen and oxygen atoms in total. The van der Waals surface area contributed by atoms with Crippen LogP contribution in [0.15, 0.2) is 36.5 Å². The number of carbonyl (C=O) groups excluding carboxylic acids is 1. The van der Waals surface area contributed by atoms with Gasteiger partial charge in [0.1, 0.15) is 11.4 Å². The van der Waals surface area contributed by atoms with Crippen LogP contribution in [0, 0.1) is 5.82 Å². The molecule has 4 rings (SSSR count). The summed E-state index contributed by atoms with van der Waals surface area (Å²) in [6.07, 6.45) is 4.20. The van der Waals surface area contributed by atoms with E-state index in [9.17, 15) is 13.4 Å². The summed E-state index contributed by atoms with van der Waals surface area (Å²) in [5.74, 6) is -0.515. The minimum absolute atomic E-state index is 0.0231. The fourth-order valence-electron chi connectivity index (χ4n) is 5.87. The highest BCUT2D eigenvalue weighted by atomic mass is 32.2. The Morgan fingerprint density at radius 2 is 1.92 bits per heavy atom. The van der Waals surface area contributed by atoms with Crippen LogP contribution in [0.3, 0.4) is 0 Å². The van der Waals surface area contributed by atoms with Gasteiger partial charge < -0.3 is 9.64 Å². The number of ether oxygens (including phenoxy) is 1. The van der Waals surface area contributed by atoms with Gasteiger partial charge in [-0.2, -0.15) is 4.31 Å². The first-order valence-electron chi connectivity index (χ1n) is 14.2. The number of hydrogen-bond donors (Lipinski definition) is 1. The quantitative estimate of drug-likeness (QED) is 0.293. The molecule has 1 aromatic carbocycles. The predicted molar refractivity (Wildman–Crippen MR) is 150 cm³/mol. The number of benzene rings is 1. The number of amides is 1. The number of allylic oxidation sites excluding steroid dienone is 1. The lowest BCUT2D eigenvalue weighted by molar-refractivity contribution is -0.186. The van der Waals surface area contributed by atoms with E-state index < -0.39 is 23.0 Å². The molecule has 0 aromatic heterocycles. The normalized spacial score (nSPS) is 25.9. The number of halogens is 1. The van der Waals surface area contributed by atoms with E-state index in [0.29, 0.717) is 39.0 Å². The summed E-state index contributed by atoms with van der Waals surface area (Å²) in [5, 5.41) is 0. The fourth-order valence-corrected chi connectivity index (χ4v) is 7.55. The smallest absolute Gasteiger partial charge is 0.266 e. The van der Waals surface area contributed by atoms with Gasteiger partial charge in [-0.25, -0.2) is 23.2 Å². The molecular weight excluding hydrogens is 521 g/mol. The SMILES string of the molecule is C=C(CCC)N1CC2CCC(C(=O)NOC(CCC)OC)(C1)N2S(=O)N1CCN(Cc2ccc(F)cc2)CC1. The van der Waals surface area contributed by atoms with Crippen LogP contribution in [0.2, 0.25) is 0 Å². The van der Waals surface area contributed by atoms with Crippen LogP contribution in [0.4, 0.5) is 4.39 Å². The minimum atomic E-state index is -1.48. The monoisotopic (exact) mass is 565 g/mol. The Balaban J connectivity index is 1.46. The second-order valence-electron chi connectivity index (χ2n) is 10.8. The van der Waals surface area contributed by atoms with Crippen LogP contribution in [-0.4, -0.2) is 92.8 Å². The zero-order chi connectivity index (χ0) is 28.0. The van der Waals surface area contributed by atoms with Gasteiger partial charge >= 0.3 is 0 Å². The average molecular weight is 566 g/mol. The van der Waals surface area contributed by atoms with Gasteiger partial charge in [0.2, 0.25) is 0 Å². The van der Waals surface area contributed by atoms with Crippen molar-refractivity contribution in [1.82, 2.24) is 23.9 Å². The predicted octanol–water partition coefficient (Wildman–Crippen LogP) is 3.18. The molecule has 3 aliphatic heterocycles. The van der Waals surface area contributed by atoms with Crippen molar-refractivity contribution in [2.75, 3.05) is 46.4 Å². The first kappa shape index (κ1) is 30.1. The molecule has 2 bridgehead atoms. The zero-order valence-corrected chi connectivity index (χ0v) is 24.4. The molecular formula is C28H44FN5O4S. The average Bonchev–Trinajstić information content (AvgIpc) is 3.18. The number of carbonyl (C=O) groups is 1. The maximum absolute atomic E-state index is 14.1. The molecule has 3 heterocycles. The lowest BCUT2D eigenvalue weighted by Gasteiger charge is -2.49. The summed E-state index contributed by atoms with van der Waals surface area (Å²) in [6.45, 7) is 13.0. The van der Waals surface area contributed by atoms with Gasteiger partial charge in [0.15, 0.2) is 17.5 Å². The third-order valence-corrected chi connectivity index (χ3v) is 9.84. The van der Waals surface area contributed by atoms with Crippen LogP contribution in [-0.2, 0) is 32.1 Å². The van der Waals surface area contributed by atoms with Crippen LogP contribution < -0.4 is 5.48 Å². The van der Waals surface area contributed by atoms with Crippen molar-refractivity contribution in [3.63, 3.8) is 0 Å². The van der Waals surface area contributed by atoms with Crippen LogP contribution >= 0.6 is 0 Å². The number of nitrogens with one attached hydrogen (secondary N) is 1. The van der Waals surface area contributed by atoms with E-state index in [-0.39, 0.29) is 17.8 Å². The van der Waals surface area contributed by atoms with E-state index in [4.69, 9.17) is 9.57 Å². The molecule has 3 fully saturated rings. The Labute approximate surface area is 234 Å². The standard InChI is InChI=1S/C28H44FN5O4S/c1-5-7-22(3)32-20-25-13-14-28(21-32,27(35)30-38-26(37-4)8-6-2)34(25)39(36)33-17-15-31(16-18-33)19-23-9-11-24(29)12-10-23/h9-12,25-26H,3,5-8,13-21H2,1-2,4H3,(H,30,35). The molecule has 218 valence electrons. The van der Waals surface area contributed by atoms with E-state index in [1.54, 1.807) is 7.11 Å². The number of piperazine rings is 2. The Kier molecular flexibility index (Phi) is 10.5. The number of hydroxylamine groups is 1. The van der Waals surface area contributed by atoms with Crippen LogP contribution in [0.1, 0.15) is 57.9 Å². The van der Waals surface area contributed by atoms with Crippen LogP contribution in [0.25, 0.3) is 0 Å². The Bertz CT molecular complexity index is 1010. The van der Waals surface area contributed by atoms with Crippen molar-refractivity contribution < 1.29 is 23.0 Å². The first-order chi connectivity index (χ1) is 18.8. The lowest BCUT2D eigenvalue weighted by atomic mass is 9.95. The van der Waals surface area contributed by atoms with Gasteiger partial charge in [-0.1, -0.05) is 45.4 Å². The summed E-state index contributed by atoms with van der Waals surface area (Å²) in [6, 6.07) is 6.56. The molecule has 0 aliphatic carbocycles. The van der Waals surface area contributed by atoms with Crippen molar-refractivity contribution in [2.24, 2.45) is 0 Å². The van der Waals surface area contributed by atoms with Gasteiger partial charge in [0.25, 0.3) is 5.91 Å². The Hall–Kier alpha value is -1.89. The molecule has 4 unspecified atom stereocenters. The summed E-state index contributed by atoms with van der Waals surface area (Å²) in [5.41, 5.74) is 3.76. The largest absolute Gasteiger partial charge is 0.371 e. The zero-order valence-electron chi connectivity index (χ0n) is 23.6. The van der Waals surface area contributed by atoms with Crippen molar-refractivity contribution in [3.05, 3.63) is 47.9 Å². The van der Waals surface area contributed by atoms with Crippen LogP contribution in [0.5, 0.6) is 0 Å². The second-order valence-corrected chi connectivity index (χ2v) is 12.2. The number of rotatable bonds is 13. The lowest BCUT2D eigenvalue weighted by Crippen LogP contribution is -2.69. The molecule has 1 amide bonds. The van der Waals surface area contributed by atoms with Crippen molar-refractivity contribution in [1.29, 1.82) is 0 Å². The van der Waals surface area contributed by atoms with Crippen molar-refractivity contribution in [3.8, 4) is 0 Å². The highest BCUT2D eigenvalue weighted by Crippen LogP contribution is 2.42. The molecule has 11 heteroatoms. The van der Waals surface area contributed by atoms with E-state index >= 15 is 0 Å². The molecule has 39 heavy (non-hydrogen) atoms. The van der Waals surface area contributed by atoms with Gasteiger partial charge in [-0.05, 0) is 37.0 Å². The first-order valence-corrected chi connectivity index (χ1v) is 15.2. The number of likely N-dealkylation sites (tertiary alicyclic amines) is 1. The Morgan fingerprint density at radius 3 is 2.56 bits per heavy atom. The number of nitrogens with zero attached hydrogens (tertiary/aromatic N) is 4. The molecule has 0 radical (unpaired) electrons. The van der Waals surface area contributed by atoms with Gasteiger partial charge in [-0.3, -0.25) is 9.69 Å². The van der Waals surface area contributed by atoms with Gasteiger partial charge in [-0.15, -0.1) is 0 Å². The molecule has 0 spiro atoms. The topological polar surface area (TPSA) is 77.6 Å². The highest BCUT2D eigenvalue weighted by molar-refractivity contribution is 7.80. The fraction of sp³-hybridized carbons (Fsp3) is 0.679. The van der Waals surface area contributed by atoms with E-state index in [1.165, 1.54) is 12.1 Å². The molecule has 4 atom stereocenters. The summed E-state index contributed by atoms with van der Waals surface area (Å²) in [7, 11) is 1.56. The van der Waals surface area contributed by atoms with E-state index in [1.807, 2.05) is 27.7 Å². The molecule has 1 aromatic rings. The highest BCUT2D eigenvalue weighted by Gasteiger charge is 2.59. The van der Waals surface area contributed by atoms with Gasteiger partial charge in [0, 0.05) is 71.1 Å². The molecule has 3 aliphatic rings. The maximum Gasteiger partial charge on any atom is 0.266 e. The molecule has 3 saturated heterocycles. The van der Waals surface area contributed by atoms with E-state index in [0.717, 1.165) is 56.6 Å². The van der Waals surface area contributed by atoms with Crippen molar-refractivity contribution in [2.45, 2.75) is 76.8 Å².